The van der Waals surface area contributed by atoms with Gasteiger partial charge >= 0.3 is 6.09 Å². The molecule has 3 heterocycles. The molecule has 1 aromatic heterocycles. The number of aryl methyl sites for hydroxylation is 1. The molecule has 2 atom stereocenters. The smallest absolute Gasteiger partial charge is 0.405 e. The van der Waals surface area contributed by atoms with E-state index in [0.29, 0.717) is 25.6 Å². The van der Waals surface area contributed by atoms with Crippen molar-refractivity contribution >= 4 is 22.9 Å². The Morgan fingerprint density at radius 3 is 2.47 bits per heavy atom. The summed E-state index contributed by atoms with van der Waals surface area (Å²) in [6, 6.07) is 14.6. The van der Waals surface area contributed by atoms with Gasteiger partial charge in [-0.2, -0.15) is 5.10 Å². The highest BCUT2D eigenvalue weighted by Gasteiger charge is 2.38. The van der Waals surface area contributed by atoms with Crippen molar-refractivity contribution in [2.75, 3.05) is 46.3 Å². The minimum Gasteiger partial charge on any atom is -0.436 e. The largest absolute Gasteiger partial charge is 0.436 e. The number of piperazine rings is 1. The lowest BCUT2D eigenvalue weighted by atomic mass is 9.85. The van der Waals surface area contributed by atoms with Gasteiger partial charge in [-0.3, -0.25) is 14.8 Å². The van der Waals surface area contributed by atoms with Crippen LogP contribution in [0.15, 0.2) is 48.7 Å². The highest BCUT2D eigenvalue weighted by molar-refractivity contribution is 5.86. The molecule has 2 aliphatic heterocycles. The van der Waals surface area contributed by atoms with Crippen LogP contribution in [0.3, 0.4) is 0 Å². The number of likely N-dealkylation sites (tertiary alicyclic amines) is 1. The first-order chi connectivity index (χ1) is 18.4. The van der Waals surface area contributed by atoms with Gasteiger partial charge in [0.2, 0.25) is 0 Å². The third kappa shape index (κ3) is 5.84. The first-order valence-corrected chi connectivity index (χ1v) is 13.5. The molecule has 2 aromatic carbocycles. The average Bonchev–Trinajstić information content (AvgIpc) is 3.41. The van der Waals surface area contributed by atoms with Crippen LogP contribution in [0.1, 0.15) is 35.4 Å². The fourth-order valence-electron chi connectivity index (χ4n) is 6.02. The number of amides is 2. The van der Waals surface area contributed by atoms with E-state index < -0.39 is 18.1 Å². The van der Waals surface area contributed by atoms with E-state index in [0.717, 1.165) is 66.6 Å². The van der Waals surface area contributed by atoms with Crippen molar-refractivity contribution in [2.45, 2.75) is 44.2 Å². The molecule has 2 fully saturated rings. The van der Waals surface area contributed by atoms with Crippen LogP contribution in [0.25, 0.3) is 10.9 Å². The van der Waals surface area contributed by atoms with Crippen LogP contribution in [-0.2, 0) is 16.0 Å². The van der Waals surface area contributed by atoms with Crippen molar-refractivity contribution in [3.63, 3.8) is 0 Å². The maximum absolute atomic E-state index is 14.0. The Labute approximate surface area is 223 Å². The normalized spacial score (nSPS) is 19.4. The predicted molar refractivity (Wildman–Crippen MR) is 147 cm³/mol. The van der Waals surface area contributed by atoms with Crippen LogP contribution < -0.4 is 5.73 Å². The fraction of sp³-hybridized carbons (Fsp3) is 0.483. The number of fused-ring (bicyclic) bond motifs is 1. The molecule has 0 bridgehead atoms. The monoisotopic (exact) mass is 518 g/mol. The Kier molecular flexibility index (Phi) is 7.95. The summed E-state index contributed by atoms with van der Waals surface area (Å²) in [5.74, 6) is -0.583. The minimum atomic E-state index is -1.02. The van der Waals surface area contributed by atoms with Crippen LogP contribution in [0.5, 0.6) is 0 Å². The molecule has 3 aromatic rings. The lowest BCUT2D eigenvalue weighted by molar-refractivity contribution is -0.143. The van der Waals surface area contributed by atoms with Gasteiger partial charge in [0.15, 0.2) is 6.10 Å². The maximum atomic E-state index is 14.0. The zero-order valence-corrected chi connectivity index (χ0v) is 22.3. The van der Waals surface area contributed by atoms with Gasteiger partial charge in [0.05, 0.1) is 11.7 Å². The van der Waals surface area contributed by atoms with Crippen LogP contribution in [-0.4, -0.2) is 95.4 Å². The van der Waals surface area contributed by atoms with Gasteiger partial charge in [0.25, 0.3) is 5.91 Å². The molecule has 9 heteroatoms. The zero-order chi connectivity index (χ0) is 26.6. The number of hydrogen-bond donors (Lipinski definition) is 2. The van der Waals surface area contributed by atoms with Crippen molar-refractivity contribution in [1.29, 1.82) is 0 Å². The number of nitrogens with one attached hydrogen (secondary N) is 1. The third-order valence-electron chi connectivity index (χ3n) is 8.18. The molecular weight excluding hydrogens is 480 g/mol. The van der Waals surface area contributed by atoms with Gasteiger partial charge in [0.1, 0.15) is 0 Å². The van der Waals surface area contributed by atoms with E-state index in [1.165, 1.54) is 0 Å². The molecule has 2 saturated heterocycles. The number of carbonyl (C=O) groups is 2. The Balaban J connectivity index is 1.40. The van der Waals surface area contributed by atoms with Crippen molar-refractivity contribution in [3.8, 4) is 0 Å². The van der Waals surface area contributed by atoms with E-state index in [-0.39, 0.29) is 5.91 Å². The number of nitrogens with zero attached hydrogens (tertiary/aromatic N) is 4. The van der Waals surface area contributed by atoms with Gasteiger partial charge in [-0.05, 0) is 69.1 Å². The number of aromatic amines is 1. The van der Waals surface area contributed by atoms with Crippen molar-refractivity contribution in [2.24, 2.45) is 5.73 Å². The highest BCUT2D eigenvalue weighted by atomic mass is 16.6. The molecule has 2 amide bonds. The minimum absolute atomic E-state index is 0.183. The van der Waals surface area contributed by atoms with E-state index in [4.69, 9.17) is 10.5 Å². The summed E-state index contributed by atoms with van der Waals surface area (Å²) in [5.41, 5.74) is 9.50. The molecule has 0 unspecified atom stereocenters. The second kappa shape index (κ2) is 11.5. The standard InChI is InChI=1S/C29H38N6O3/c1-20-16-22(18-23-19-31-32-26(20)23)25(17-21-6-4-3-5-7-21)27(38-29(30)37)28(36)35-14-12-34(13-15-35)24-8-10-33(2)11-9-24/h3-7,16,18-19,24-25,27H,8-15,17H2,1-2H3,(H2,30,37)(H,31,32)/t25-,27-/m1/s1. The first-order valence-electron chi connectivity index (χ1n) is 13.5. The summed E-state index contributed by atoms with van der Waals surface area (Å²) >= 11 is 0. The number of rotatable bonds is 7. The van der Waals surface area contributed by atoms with E-state index >= 15 is 0 Å². The molecule has 2 aliphatic rings. The summed E-state index contributed by atoms with van der Waals surface area (Å²) in [6.45, 7) is 7.11. The number of nitrogens with two attached hydrogens (primary N) is 1. The van der Waals surface area contributed by atoms with Gasteiger partial charge in [-0.1, -0.05) is 36.4 Å². The van der Waals surface area contributed by atoms with Crippen LogP contribution in [0.2, 0.25) is 0 Å². The summed E-state index contributed by atoms with van der Waals surface area (Å²) in [4.78, 5) is 32.9. The predicted octanol–water partition coefficient (Wildman–Crippen LogP) is 2.90. The lowest BCUT2D eigenvalue weighted by Gasteiger charge is -2.43. The Morgan fingerprint density at radius 1 is 1.08 bits per heavy atom. The van der Waals surface area contributed by atoms with Gasteiger partial charge in [-0.15, -0.1) is 0 Å². The molecule has 202 valence electrons. The van der Waals surface area contributed by atoms with Crippen molar-refractivity contribution in [1.82, 2.24) is 24.9 Å². The molecule has 38 heavy (non-hydrogen) atoms. The molecule has 0 aliphatic carbocycles. The van der Waals surface area contributed by atoms with Gasteiger partial charge < -0.3 is 20.3 Å². The van der Waals surface area contributed by atoms with E-state index in [1.807, 2.05) is 48.2 Å². The quantitative estimate of drug-likeness (QED) is 0.498. The number of benzene rings is 2. The van der Waals surface area contributed by atoms with Gasteiger partial charge in [-0.25, -0.2) is 4.79 Å². The fourth-order valence-corrected chi connectivity index (χ4v) is 6.02. The number of H-pyrrole nitrogens is 1. The maximum Gasteiger partial charge on any atom is 0.405 e. The average molecular weight is 519 g/mol. The number of piperidine rings is 1. The molecule has 5 rings (SSSR count). The molecule has 0 spiro atoms. The molecule has 0 radical (unpaired) electrons. The number of hydrogen-bond acceptors (Lipinski definition) is 6. The van der Waals surface area contributed by atoms with E-state index in [9.17, 15) is 9.59 Å². The first kappa shape index (κ1) is 26.2. The Hall–Kier alpha value is -3.43. The second-order valence-corrected chi connectivity index (χ2v) is 10.7. The third-order valence-corrected chi connectivity index (χ3v) is 8.18. The summed E-state index contributed by atoms with van der Waals surface area (Å²) in [5, 5.41) is 8.17. The molecule has 3 N–H and O–H groups in total. The van der Waals surface area contributed by atoms with Crippen LogP contribution in [0.4, 0.5) is 4.79 Å². The molecule has 0 saturated carbocycles. The number of primary amides is 1. The second-order valence-electron chi connectivity index (χ2n) is 10.7. The topological polar surface area (TPSA) is 108 Å². The molecular formula is C29H38N6O3. The van der Waals surface area contributed by atoms with E-state index in [1.54, 1.807) is 6.20 Å². The Bertz CT molecular complexity index is 1250. The van der Waals surface area contributed by atoms with E-state index in [2.05, 4.69) is 33.1 Å². The van der Waals surface area contributed by atoms with Crippen molar-refractivity contribution in [3.05, 3.63) is 65.4 Å². The number of ether oxygens (including phenoxy) is 1. The van der Waals surface area contributed by atoms with Gasteiger partial charge in [0, 0.05) is 43.5 Å². The lowest BCUT2D eigenvalue weighted by Crippen LogP contribution is -2.56. The summed E-state index contributed by atoms with van der Waals surface area (Å²) in [7, 11) is 2.17. The Morgan fingerprint density at radius 2 is 1.79 bits per heavy atom. The molecule has 9 nitrogen and oxygen atoms in total. The summed E-state index contributed by atoms with van der Waals surface area (Å²) < 4.78 is 5.65. The zero-order valence-electron chi connectivity index (χ0n) is 22.3. The number of carbonyl (C=O) groups excluding carboxylic acids is 2. The number of aromatic nitrogens is 2. The van der Waals surface area contributed by atoms with Crippen LogP contribution >= 0.6 is 0 Å². The van der Waals surface area contributed by atoms with Crippen molar-refractivity contribution < 1.29 is 14.3 Å². The summed E-state index contributed by atoms with van der Waals surface area (Å²) in [6.07, 6.45) is 2.67. The van der Waals surface area contributed by atoms with Crippen LogP contribution in [0, 0.1) is 6.92 Å². The highest BCUT2D eigenvalue weighted by Crippen LogP contribution is 2.32. The SMILES string of the molecule is Cc1cc([C@@H](Cc2ccccc2)[C@@H](OC(N)=O)C(=O)N2CCN(C3CCN(C)CC3)CC2)cc2cn[nH]c12.